The summed E-state index contributed by atoms with van der Waals surface area (Å²) in [6, 6.07) is 8.78. The van der Waals surface area contributed by atoms with Crippen LogP contribution in [0.4, 0.5) is 5.69 Å². The van der Waals surface area contributed by atoms with Crippen LogP contribution in [0.1, 0.15) is 70.0 Å². The van der Waals surface area contributed by atoms with Crippen LogP contribution < -0.4 is 10.2 Å². The SMILES string of the molecule is CC(C)(C)c1ccc(N(C(=O)CCl)C(C(=O)NC2CCCCC2)c2cnc3cn[nH]c3c2)cc1. The Hall–Kier alpha value is -2.93. The van der Waals surface area contributed by atoms with E-state index in [0.717, 1.165) is 31.2 Å². The number of halogens is 1. The molecule has 3 aromatic rings. The Morgan fingerprint density at radius 3 is 2.50 bits per heavy atom. The van der Waals surface area contributed by atoms with Crippen LogP contribution in [0, 0.1) is 0 Å². The van der Waals surface area contributed by atoms with Gasteiger partial charge in [0.1, 0.15) is 17.4 Å². The minimum Gasteiger partial charge on any atom is -0.351 e. The number of aromatic nitrogens is 3. The standard InChI is InChI=1S/C26H32ClN5O2/c1-26(2,3)18-9-11-20(12-10-18)32(23(33)14-27)24(25(34)30-19-7-5-4-6-8-19)17-13-21-22(28-15-17)16-29-31-21/h9-13,15-16,19,24H,4-8,14H2,1-3H3,(H,29,31)(H,30,34). The van der Waals surface area contributed by atoms with Crippen LogP contribution >= 0.6 is 11.6 Å². The number of alkyl halides is 1. The van der Waals surface area contributed by atoms with Gasteiger partial charge >= 0.3 is 0 Å². The van der Waals surface area contributed by atoms with Gasteiger partial charge in [0.15, 0.2) is 0 Å². The molecule has 0 spiro atoms. The number of hydrogen-bond donors (Lipinski definition) is 2. The summed E-state index contributed by atoms with van der Waals surface area (Å²) in [4.78, 5) is 32.9. The molecule has 1 saturated carbocycles. The van der Waals surface area contributed by atoms with E-state index in [-0.39, 0.29) is 29.2 Å². The highest BCUT2D eigenvalue weighted by Gasteiger charge is 2.34. The molecular formula is C26H32ClN5O2. The van der Waals surface area contributed by atoms with Gasteiger partial charge in [0.2, 0.25) is 11.8 Å². The Labute approximate surface area is 205 Å². The van der Waals surface area contributed by atoms with Crippen LogP contribution in [-0.4, -0.2) is 38.9 Å². The lowest BCUT2D eigenvalue weighted by Crippen LogP contribution is -2.47. The molecule has 1 aromatic carbocycles. The second kappa shape index (κ2) is 10.1. The topological polar surface area (TPSA) is 91.0 Å². The number of nitrogens with one attached hydrogen (secondary N) is 2. The van der Waals surface area contributed by atoms with E-state index >= 15 is 0 Å². The van der Waals surface area contributed by atoms with Gasteiger partial charge in [-0.05, 0) is 42.0 Å². The maximum Gasteiger partial charge on any atom is 0.248 e. The Kier molecular flexibility index (Phi) is 7.22. The van der Waals surface area contributed by atoms with E-state index < -0.39 is 6.04 Å². The van der Waals surface area contributed by atoms with Crippen LogP contribution in [0.3, 0.4) is 0 Å². The summed E-state index contributed by atoms with van der Waals surface area (Å²) in [6.07, 6.45) is 8.53. The largest absolute Gasteiger partial charge is 0.351 e. The normalized spacial score (nSPS) is 15.8. The van der Waals surface area contributed by atoms with Crippen LogP contribution in [0.25, 0.3) is 11.0 Å². The average molecular weight is 482 g/mol. The zero-order valence-corrected chi connectivity index (χ0v) is 20.7. The molecule has 0 aliphatic heterocycles. The number of aromatic amines is 1. The molecule has 1 unspecified atom stereocenters. The predicted molar refractivity (Wildman–Crippen MR) is 135 cm³/mol. The summed E-state index contributed by atoms with van der Waals surface area (Å²) in [5.41, 5.74) is 3.72. The van der Waals surface area contributed by atoms with Gasteiger partial charge in [0, 0.05) is 23.5 Å². The van der Waals surface area contributed by atoms with Crippen LogP contribution in [0.15, 0.2) is 42.7 Å². The molecule has 8 heteroatoms. The summed E-state index contributed by atoms with van der Waals surface area (Å²) in [5.74, 6) is -0.821. The first kappa shape index (κ1) is 24.2. The zero-order chi connectivity index (χ0) is 24.3. The van der Waals surface area contributed by atoms with Crippen molar-refractivity contribution in [3.8, 4) is 0 Å². The molecule has 2 amide bonds. The minimum atomic E-state index is -0.908. The first-order chi connectivity index (χ1) is 16.3. The van der Waals surface area contributed by atoms with Gasteiger partial charge in [-0.3, -0.25) is 24.6 Å². The molecule has 1 fully saturated rings. The van der Waals surface area contributed by atoms with Crippen molar-refractivity contribution in [2.45, 2.75) is 70.4 Å². The van der Waals surface area contributed by atoms with Gasteiger partial charge in [0.25, 0.3) is 0 Å². The van der Waals surface area contributed by atoms with E-state index in [1.165, 1.54) is 11.3 Å². The highest BCUT2D eigenvalue weighted by atomic mass is 35.5. The Morgan fingerprint density at radius 2 is 1.85 bits per heavy atom. The molecule has 1 aliphatic carbocycles. The molecule has 0 radical (unpaired) electrons. The maximum absolute atomic E-state index is 13.7. The smallest absolute Gasteiger partial charge is 0.248 e. The zero-order valence-electron chi connectivity index (χ0n) is 20.0. The third-order valence-corrected chi connectivity index (χ3v) is 6.71. The number of H-pyrrole nitrogens is 1. The third kappa shape index (κ3) is 5.25. The quantitative estimate of drug-likeness (QED) is 0.484. The van der Waals surface area contributed by atoms with Crippen molar-refractivity contribution in [1.29, 1.82) is 0 Å². The number of carbonyl (C=O) groups is 2. The van der Waals surface area contributed by atoms with Gasteiger partial charge in [-0.2, -0.15) is 5.10 Å². The number of fused-ring (bicyclic) bond motifs is 1. The molecule has 7 nitrogen and oxygen atoms in total. The lowest BCUT2D eigenvalue weighted by Gasteiger charge is -2.33. The second-order valence-electron chi connectivity index (χ2n) is 10.0. The molecule has 1 atom stereocenters. The third-order valence-electron chi connectivity index (χ3n) is 6.48. The van der Waals surface area contributed by atoms with Gasteiger partial charge in [-0.25, -0.2) is 0 Å². The summed E-state index contributed by atoms with van der Waals surface area (Å²) < 4.78 is 0. The molecule has 1 aliphatic rings. The number of rotatable bonds is 6. The molecule has 2 aromatic heterocycles. The highest BCUT2D eigenvalue weighted by Crippen LogP contribution is 2.32. The van der Waals surface area contributed by atoms with Crippen molar-refractivity contribution in [1.82, 2.24) is 20.5 Å². The van der Waals surface area contributed by atoms with Crippen LogP contribution in [0.5, 0.6) is 0 Å². The van der Waals surface area contributed by atoms with Crippen LogP contribution in [0.2, 0.25) is 0 Å². The highest BCUT2D eigenvalue weighted by molar-refractivity contribution is 6.29. The van der Waals surface area contributed by atoms with Crippen molar-refractivity contribution in [3.63, 3.8) is 0 Å². The maximum atomic E-state index is 13.7. The fraction of sp³-hybridized carbons (Fsp3) is 0.462. The predicted octanol–water partition coefficient (Wildman–Crippen LogP) is 5.02. The van der Waals surface area contributed by atoms with E-state index in [0.29, 0.717) is 22.3 Å². The molecule has 0 saturated heterocycles. The van der Waals surface area contributed by atoms with Gasteiger partial charge in [-0.1, -0.05) is 52.2 Å². The second-order valence-corrected chi connectivity index (χ2v) is 10.3. The van der Waals surface area contributed by atoms with E-state index in [1.54, 1.807) is 12.4 Å². The Morgan fingerprint density at radius 1 is 1.15 bits per heavy atom. The number of amides is 2. The van der Waals surface area contributed by atoms with Crippen molar-refractivity contribution in [2.24, 2.45) is 0 Å². The average Bonchev–Trinajstić information content (AvgIpc) is 3.30. The van der Waals surface area contributed by atoms with Crippen molar-refractivity contribution >= 4 is 40.1 Å². The van der Waals surface area contributed by atoms with Gasteiger partial charge < -0.3 is 5.32 Å². The van der Waals surface area contributed by atoms with Crippen LogP contribution in [-0.2, 0) is 15.0 Å². The van der Waals surface area contributed by atoms with Gasteiger partial charge in [0.05, 0.1) is 11.7 Å². The minimum absolute atomic E-state index is 0.0345. The number of pyridine rings is 1. The van der Waals surface area contributed by atoms with E-state index in [1.807, 2.05) is 30.3 Å². The molecule has 34 heavy (non-hydrogen) atoms. The number of anilines is 1. The van der Waals surface area contributed by atoms with E-state index in [4.69, 9.17) is 11.6 Å². The van der Waals surface area contributed by atoms with Gasteiger partial charge in [-0.15, -0.1) is 11.6 Å². The van der Waals surface area contributed by atoms with Crippen molar-refractivity contribution in [3.05, 3.63) is 53.9 Å². The monoisotopic (exact) mass is 481 g/mol. The number of benzene rings is 1. The lowest BCUT2D eigenvalue weighted by atomic mass is 9.87. The summed E-state index contributed by atoms with van der Waals surface area (Å²) in [5, 5.41) is 10.1. The molecule has 180 valence electrons. The summed E-state index contributed by atoms with van der Waals surface area (Å²) >= 11 is 6.05. The summed E-state index contributed by atoms with van der Waals surface area (Å²) in [7, 11) is 0. The number of hydrogen-bond acceptors (Lipinski definition) is 4. The number of nitrogens with zero attached hydrogens (tertiary/aromatic N) is 3. The fourth-order valence-corrected chi connectivity index (χ4v) is 4.69. The van der Waals surface area contributed by atoms with E-state index in [2.05, 4.69) is 41.3 Å². The summed E-state index contributed by atoms with van der Waals surface area (Å²) in [6.45, 7) is 6.40. The molecule has 0 bridgehead atoms. The first-order valence-corrected chi connectivity index (χ1v) is 12.4. The molecule has 4 rings (SSSR count). The van der Waals surface area contributed by atoms with E-state index in [9.17, 15) is 9.59 Å². The first-order valence-electron chi connectivity index (χ1n) is 11.9. The molecule has 2 N–H and O–H groups in total. The molecular weight excluding hydrogens is 450 g/mol. The van der Waals surface area contributed by atoms with Crippen molar-refractivity contribution in [2.75, 3.05) is 10.8 Å². The number of carbonyl (C=O) groups excluding carboxylic acids is 2. The fourth-order valence-electron chi connectivity index (χ4n) is 4.56. The Bertz CT molecular complexity index is 1150. The Balaban J connectivity index is 1.77. The lowest BCUT2D eigenvalue weighted by molar-refractivity contribution is -0.126. The van der Waals surface area contributed by atoms with Crippen molar-refractivity contribution < 1.29 is 9.59 Å². The molecule has 2 heterocycles.